The predicted octanol–water partition coefficient (Wildman–Crippen LogP) is 2.98. The molecule has 0 aliphatic rings. The summed E-state index contributed by atoms with van der Waals surface area (Å²) in [5, 5.41) is 3.04. The number of hydrogen-bond donors (Lipinski definition) is 2. The second-order valence-corrected chi connectivity index (χ2v) is 4.06. The lowest BCUT2D eigenvalue weighted by atomic mass is 10.1. The van der Waals surface area contributed by atoms with Gasteiger partial charge in [0.05, 0.1) is 17.9 Å². The quantitative estimate of drug-likeness (QED) is 0.814. The summed E-state index contributed by atoms with van der Waals surface area (Å²) in [6.07, 6.45) is 2.66. The molecule has 1 aromatic carbocycles. The van der Waals surface area contributed by atoms with Gasteiger partial charge in [-0.2, -0.15) is 0 Å². The zero-order valence-corrected chi connectivity index (χ0v) is 10.3. The second kappa shape index (κ2) is 5.49. The highest BCUT2D eigenvalue weighted by atomic mass is 19.1. The summed E-state index contributed by atoms with van der Waals surface area (Å²) < 4.78 is 13.6. The molecule has 0 bridgehead atoms. The Kier molecular flexibility index (Phi) is 3.77. The van der Waals surface area contributed by atoms with Gasteiger partial charge in [-0.05, 0) is 36.2 Å². The number of nitrogens with two attached hydrogens (primary N) is 1. The molecule has 0 aliphatic carbocycles. The van der Waals surface area contributed by atoms with Crippen molar-refractivity contribution < 1.29 is 4.39 Å². The summed E-state index contributed by atoms with van der Waals surface area (Å²) in [5.41, 5.74) is 8.47. The number of hydrogen-bond acceptors (Lipinski definition) is 3. The number of nitrogens with one attached hydrogen (secondary N) is 1. The molecule has 3 nitrogen and oxygen atoms in total. The van der Waals surface area contributed by atoms with Crippen LogP contribution in [0.25, 0.3) is 0 Å². The van der Waals surface area contributed by atoms with E-state index in [0.717, 1.165) is 12.1 Å². The number of pyridine rings is 1. The number of anilines is 2. The van der Waals surface area contributed by atoms with Crippen LogP contribution >= 0.6 is 0 Å². The second-order valence-electron chi connectivity index (χ2n) is 4.06. The zero-order chi connectivity index (χ0) is 13.0. The summed E-state index contributed by atoms with van der Waals surface area (Å²) in [4.78, 5) is 4.30. The number of nitrogens with zero attached hydrogens (tertiary/aromatic N) is 1. The first-order valence-electron chi connectivity index (χ1n) is 5.92. The molecule has 0 aliphatic heterocycles. The van der Waals surface area contributed by atoms with Crippen molar-refractivity contribution in [2.45, 2.75) is 19.9 Å². The first-order chi connectivity index (χ1) is 8.70. The number of benzene rings is 1. The van der Waals surface area contributed by atoms with Crippen LogP contribution in [0.5, 0.6) is 0 Å². The zero-order valence-electron chi connectivity index (χ0n) is 10.3. The molecule has 0 unspecified atom stereocenters. The fraction of sp³-hybridized carbons (Fsp3) is 0.214. The Morgan fingerprint density at radius 2 is 2.17 bits per heavy atom. The van der Waals surface area contributed by atoms with E-state index in [4.69, 9.17) is 5.73 Å². The average Bonchev–Trinajstić information content (AvgIpc) is 2.38. The minimum Gasteiger partial charge on any atom is -0.399 e. The van der Waals surface area contributed by atoms with E-state index in [9.17, 15) is 4.39 Å². The molecule has 1 heterocycles. The van der Waals surface area contributed by atoms with E-state index in [1.165, 1.54) is 11.6 Å². The van der Waals surface area contributed by atoms with Crippen molar-refractivity contribution in [3.63, 3.8) is 0 Å². The Balaban J connectivity index is 2.11. The smallest absolute Gasteiger partial charge is 0.148 e. The molecule has 2 aromatic rings. The molecule has 0 saturated carbocycles. The molecule has 4 heteroatoms. The molecule has 0 atom stereocenters. The molecule has 0 saturated heterocycles. The van der Waals surface area contributed by atoms with Gasteiger partial charge in [0.2, 0.25) is 0 Å². The molecule has 2 rings (SSSR count). The van der Waals surface area contributed by atoms with E-state index in [1.54, 1.807) is 18.3 Å². The Morgan fingerprint density at radius 3 is 2.89 bits per heavy atom. The van der Waals surface area contributed by atoms with Crippen LogP contribution in [-0.4, -0.2) is 4.98 Å². The third kappa shape index (κ3) is 2.77. The molecule has 0 amide bonds. The summed E-state index contributed by atoms with van der Waals surface area (Å²) in [7, 11) is 0. The average molecular weight is 245 g/mol. The van der Waals surface area contributed by atoms with Gasteiger partial charge in [0.1, 0.15) is 5.82 Å². The monoisotopic (exact) mass is 245 g/mol. The number of aromatic nitrogens is 1. The molecule has 0 spiro atoms. The highest BCUT2D eigenvalue weighted by Crippen LogP contribution is 2.18. The fourth-order valence-electron chi connectivity index (χ4n) is 1.81. The van der Waals surface area contributed by atoms with Gasteiger partial charge in [-0.25, -0.2) is 4.39 Å². The third-order valence-electron chi connectivity index (χ3n) is 2.80. The molecular formula is C14H16FN3. The lowest BCUT2D eigenvalue weighted by Gasteiger charge is -2.10. The van der Waals surface area contributed by atoms with Crippen molar-refractivity contribution in [3.8, 4) is 0 Å². The van der Waals surface area contributed by atoms with E-state index < -0.39 is 0 Å². The van der Waals surface area contributed by atoms with E-state index in [0.29, 0.717) is 17.9 Å². The lowest BCUT2D eigenvalue weighted by molar-refractivity contribution is 0.630. The number of nitrogen functional groups attached to an aromatic ring is 1. The van der Waals surface area contributed by atoms with E-state index in [2.05, 4.69) is 17.2 Å². The molecule has 0 fully saturated rings. The van der Waals surface area contributed by atoms with Gasteiger partial charge >= 0.3 is 0 Å². The molecule has 0 radical (unpaired) electrons. The van der Waals surface area contributed by atoms with Crippen LogP contribution in [0.4, 0.5) is 15.8 Å². The minimum absolute atomic E-state index is 0.344. The first-order valence-corrected chi connectivity index (χ1v) is 5.92. The van der Waals surface area contributed by atoms with Crippen LogP contribution in [0, 0.1) is 5.82 Å². The molecule has 94 valence electrons. The summed E-state index contributed by atoms with van der Waals surface area (Å²) >= 11 is 0. The van der Waals surface area contributed by atoms with Gasteiger partial charge < -0.3 is 11.1 Å². The van der Waals surface area contributed by atoms with Gasteiger partial charge in [-0.1, -0.05) is 13.0 Å². The SMILES string of the molecule is CCc1cccnc1CNc1ccc(N)cc1F. The number of halogens is 1. The maximum Gasteiger partial charge on any atom is 0.148 e. The van der Waals surface area contributed by atoms with Crippen molar-refractivity contribution in [1.29, 1.82) is 0 Å². The Morgan fingerprint density at radius 1 is 1.33 bits per heavy atom. The van der Waals surface area contributed by atoms with Crippen molar-refractivity contribution in [2.75, 3.05) is 11.1 Å². The first kappa shape index (κ1) is 12.4. The van der Waals surface area contributed by atoms with Crippen molar-refractivity contribution in [3.05, 3.63) is 53.6 Å². The minimum atomic E-state index is -0.344. The molecule has 3 N–H and O–H groups in total. The number of aryl methyl sites for hydroxylation is 1. The highest BCUT2D eigenvalue weighted by Gasteiger charge is 2.04. The third-order valence-corrected chi connectivity index (χ3v) is 2.80. The van der Waals surface area contributed by atoms with Crippen LogP contribution in [0.3, 0.4) is 0 Å². The Labute approximate surface area is 106 Å². The van der Waals surface area contributed by atoms with Crippen molar-refractivity contribution in [2.24, 2.45) is 0 Å². The standard InChI is InChI=1S/C14H16FN3/c1-2-10-4-3-7-17-14(10)9-18-13-6-5-11(16)8-12(13)15/h3-8,18H,2,9,16H2,1H3. The number of rotatable bonds is 4. The Hall–Kier alpha value is -2.10. The normalized spacial score (nSPS) is 10.3. The molecule has 18 heavy (non-hydrogen) atoms. The lowest BCUT2D eigenvalue weighted by Crippen LogP contribution is -2.06. The van der Waals surface area contributed by atoms with E-state index in [-0.39, 0.29) is 5.82 Å². The van der Waals surface area contributed by atoms with Crippen LogP contribution in [-0.2, 0) is 13.0 Å². The molecule has 1 aromatic heterocycles. The predicted molar refractivity (Wildman–Crippen MR) is 71.8 cm³/mol. The van der Waals surface area contributed by atoms with Gasteiger partial charge in [0.15, 0.2) is 0 Å². The summed E-state index contributed by atoms with van der Waals surface area (Å²) in [6.45, 7) is 2.58. The van der Waals surface area contributed by atoms with Crippen molar-refractivity contribution >= 4 is 11.4 Å². The van der Waals surface area contributed by atoms with Gasteiger partial charge in [-0.3, -0.25) is 4.98 Å². The van der Waals surface area contributed by atoms with Crippen molar-refractivity contribution in [1.82, 2.24) is 4.98 Å². The summed E-state index contributed by atoms with van der Waals surface area (Å²) in [5.74, 6) is -0.344. The highest BCUT2D eigenvalue weighted by molar-refractivity contribution is 5.52. The largest absolute Gasteiger partial charge is 0.399 e. The maximum atomic E-state index is 13.6. The van der Waals surface area contributed by atoms with Gasteiger partial charge in [0, 0.05) is 11.9 Å². The van der Waals surface area contributed by atoms with E-state index in [1.807, 2.05) is 12.1 Å². The van der Waals surface area contributed by atoms with Crippen LogP contribution in [0.1, 0.15) is 18.2 Å². The Bertz CT molecular complexity index is 540. The summed E-state index contributed by atoms with van der Waals surface area (Å²) in [6, 6.07) is 8.56. The topological polar surface area (TPSA) is 50.9 Å². The van der Waals surface area contributed by atoms with Crippen LogP contribution in [0.15, 0.2) is 36.5 Å². The van der Waals surface area contributed by atoms with Gasteiger partial charge in [-0.15, -0.1) is 0 Å². The van der Waals surface area contributed by atoms with Gasteiger partial charge in [0.25, 0.3) is 0 Å². The molecular weight excluding hydrogens is 229 g/mol. The van der Waals surface area contributed by atoms with Crippen LogP contribution in [0.2, 0.25) is 0 Å². The van der Waals surface area contributed by atoms with Crippen LogP contribution < -0.4 is 11.1 Å². The maximum absolute atomic E-state index is 13.6. The van der Waals surface area contributed by atoms with E-state index >= 15 is 0 Å². The fourth-order valence-corrected chi connectivity index (χ4v) is 1.81.